The molecule has 4 rings (SSSR count). The fraction of sp³-hybridized carbons (Fsp3) is 0.484. The van der Waals surface area contributed by atoms with E-state index < -0.39 is 23.8 Å². The Morgan fingerprint density at radius 2 is 1.92 bits per heavy atom. The van der Waals surface area contributed by atoms with E-state index in [2.05, 4.69) is 9.88 Å². The number of halogens is 3. The molecule has 0 unspecified atom stereocenters. The molecule has 2 heterocycles. The maximum Gasteiger partial charge on any atom is 0.303 e. The highest BCUT2D eigenvalue weighted by Gasteiger charge is 2.30. The van der Waals surface area contributed by atoms with E-state index >= 15 is 4.39 Å². The Bertz CT molecular complexity index is 1230. The van der Waals surface area contributed by atoms with Crippen LogP contribution < -0.4 is 4.74 Å². The number of hydrogen-bond donors (Lipinski definition) is 1. The standard InChI is InChI=1S/C31H37F3N2O3/c1-39-23-10-12-30-26(19-23)24(14-16-35-30)29(34)11-8-21-15-18-36(20-22(21)9-13-31(37)38)17-3-2-5-25-27(32)6-4-7-28(25)33/h4,6-7,10,12,14,16,19,21-22,29H,2-3,5,8-9,11,13,15,17-18,20H2,1H3,(H,37,38)/t21-,22-,29-/m1/s1. The van der Waals surface area contributed by atoms with Gasteiger partial charge in [0.2, 0.25) is 0 Å². The monoisotopic (exact) mass is 542 g/mol. The number of ether oxygens (including phenoxy) is 1. The van der Waals surface area contributed by atoms with Gasteiger partial charge in [0.25, 0.3) is 0 Å². The molecule has 8 heteroatoms. The van der Waals surface area contributed by atoms with Crippen LogP contribution in [0.5, 0.6) is 5.75 Å². The van der Waals surface area contributed by atoms with Crippen LogP contribution in [0.25, 0.3) is 10.9 Å². The van der Waals surface area contributed by atoms with Crippen molar-refractivity contribution < 1.29 is 27.8 Å². The summed E-state index contributed by atoms with van der Waals surface area (Å²) in [4.78, 5) is 18.0. The molecule has 0 bridgehead atoms. The third-order valence-corrected chi connectivity index (χ3v) is 8.03. The van der Waals surface area contributed by atoms with E-state index in [-0.39, 0.29) is 23.8 Å². The van der Waals surface area contributed by atoms with Crippen LogP contribution in [-0.2, 0) is 11.2 Å². The van der Waals surface area contributed by atoms with E-state index in [1.165, 1.54) is 18.2 Å². The van der Waals surface area contributed by atoms with Crippen molar-refractivity contribution in [3.8, 4) is 5.75 Å². The number of carbonyl (C=O) groups is 1. The van der Waals surface area contributed by atoms with Gasteiger partial charge in [-0.1, -0.05) is 6.07 Å². The highest BCUT2D eigenvalue weighted by molar-refractivity contribution is 5.83. The highest BCUT2D eigenvalue weighted by atomic mass is 19.1. The third kappa shape index (κ3) is 7.72. The molecule has 1 aliphatic rings. The summed E-state index contributed by atoms with van der Waals surface area (Å²) in [5, 5.41) is 10.0. The Hall–Kier alpha value is -3.13. The van der Waals surface area contributed by atoms with Crippen molar-refractivity contribution in [2.75, 3.05) is 26.7 Å². The first-order valence-electron chi connectivity index (χ1n) is 13.8. The number of aliphatic carboxylic acids is 1. The summed E-state index contributed by atoms with van der Waals surface area (Å²) in [5.74, 6) is -0.763. The minimum absolute atomic E-state index is 0.0927. The molecule has 0 saturated carbocycles. The van der Waals surface area contributed by atoms with Gasteiger partial charge in [0, 0.05) is 30.1 Å². The van der Waals surface area contributed by atoms with Crippen LogP contribution in [0.1, 0.15) is 62.2 Å². The molecule has 1 aliphatic heterocycles. The van der Waals surface area contributed by atoms with Gasteiger partial charge >= 0.3 is 5.97 Å². The van der Waals surface area contributed by atoms with Crippen molar-refractivity contribution in [1.29, 1.82) is 0 Å². The minimum Gasteiger partial charge on any atom is -0.497 e. The minimum atomic E-state index is -1.15. The summed E-state index contributed by atoms with van der Waals surface area (Å²) >= 11 is 0. The Labute approximate surface area is 228 Å². The summed E-state index contributed by atoms with van der Waals surface area (Å²) in [7, 11) is 1.58. The van der Waals surface area contributed by atoms with E-state index in [1.807, 2.05) is 18.2 Å². The van der Waals surface area contributed by atoms with Crippen molar-refractivity contribution >= 4 is 16.9 Å². The number of unbranched alkanes of at least 4 members (excludes halogenated alkanes) is 1. The highest BCUT2D eigenvalue weighted by Crippen LogP contribution is 2.36. The average Bonchev–Trinajstić information content (AvgIpc) is 2.93. The van der Waals surface area contributed by atoms with Gasteiger partial charge in [0.05, 0.1) is 12.6 Å². The smallest absolute Gasteiger partial charge is 0.303 e. The number of hydrogen-bond acceptors (Lipinski definition) is 4. The zero-order valence-electron chi connectivity index (χ0n) is 22.4. The summed E-state index contributed by atoms with van der Waals surface area (Å²) in [6.07, 6.45) is 4.87. The van der Waals surface area contributed by atoms with E-state index in [0.29, 0.717) is 43.4 Å². The van der Waals surface area contributed by atoms with Crippen LogP contribution in [0.2, 0.25) is 0 Å². The van der Waals surface area contributed by atoms with E-state index in [4.69, 9.17) is 4.74 Å². The number of alkyl halides is 1. The lowest BCUT2D eigenvalue weighted by Crippen LogP contribution is -2.41. The lowest BCUT2D eigenvalue weighted by molar-refractivity contribution is -0.137. The lowest BCUT2D eigenvalue weighted by atomic mass is 9.79. The molecule has 1 aromatic heterocycles. The van der Waals surface area contributed by atoms with Crippen molar-refractivity contribution in [1.82, 2.24) is 9.88 Å². The van der Waals surface area contributed by atoms with Gasteiger partial charge in [0.15, 0.2) is 0 Å². The Morgan fingerprint density at radius 3 is 2.67 bits per heavy atom. The van der Waals surface area contributed by atoms with Gasteiger partial charge < -0.3 is 14.7 Å². The molecule has 1 fully saturated rings. The maximum atomic E-state index is 15.5. The first kappa shape index (κ1) is 28.9. The SMILES string of the molecule is COc1ccc2nccc([C@H](F)CC[C@@H]3CCN(CCCCc4c(F)cccc4F)C[C@H]3CCC(=O)O)c2c1. The Kier molecular flexibility index (Phi) is 10.2. The van der Waals surface area contributed by atoms with Gasteiger partial charge in [-0.15, -0.1) is 0 Å². The molecule has 0 aliphatic carbocycles. The molecule has 210 valence electrons. The lowest BCUT2D eigenvalue weighted by Gasteiger charge is -2.39. The second-order valence-corrected chi connectivity index (χ2v) is 10.5. The number of carboxylic acids is 1. The van der Waals surface area contributed by atoms with Gasteiger partial charge in [0.1, 0.15) is 23.6 Å². The van der Waals surface area contributed by atoms with E-state index in [0.717, 1.165) is 43.4 Å². The molecule has 5 nitrogen and oxygen atoms in total. The molecular formula is C31H37F3N2O3. The normalized spacial score (nSPS) is 18.8. The maximum absolute atomic E-state index is 15.5. The molecule has 3 aromatic rings. The number of rotatable bonds is 13. The second-order valence-electron chi connectivity index (χ2n) is 10.5. The number of likely N-dealkylation sites (tertiary alicyclic amines) is 1. The molecule has 0 amide bonds. The van der Waals surface area contributed by atoms with E-state index in [1.54, 1.807) is 19.4 Å². The average molecular weight is 543 g/mol. The molecule has 1 N–H and O–H groups in total. The fourth-order valence-electron chi connectivity index (χ4n) is 5.85. The first-order chi connectivity index (χ1) is 18.9. The quantitative estimate of drug-likeness (QED) is 0.233. The van der Waals surface area contributed by atoms with Gasteiger partial charge in [-0.25, -0.2) is 13.2 Å². The van der Waals surface area contributed by atoms with Crippen LogP contribution in [-0.4, -0.2) is 47.7 Å². The van der Waals surface area contributed by atoms with Crippen molar-refractivity contribution in [3.63, 3.8) is 0 Å². The third-order valence-electron chi connectivity index (χ3n) is 8.03. The zero-order valence-corrected chi connectivity index (χ0v) is 22.4. The van der Waals surface area contributed by atoms with Gasteiger partial charge in [-0.2, -0.15) is 0 Å². The van der Waals surface area contributed by atoms with Crippen LogP contribution in [0.4, 0.5) is 13.2 Å². The molecule has 39 heavy (non-hydrogen) atoms. The van der Waals surface area contributed by atoms with Crippen molar-refractivity contribution in [2.24, 2.45) is 11.8 Å². The number of fused-ring (bicyclic) bond motifs is 1. The number of benzene rings is 2. The predicted molar refractivity (Wildman–Crippen MR) is 146 cm³/mol. The molecule has 0 radical (unpaired) electrons. The number of aromatic nitrogens is 1. The number of piperidine rings is 1. The summed E-state index contributed by atoms with van der Waals surface area (Å²) in [6, 6.07) is 11.1. The Balaban J connectivity index is 1.32. The first-order valence-corrected chi connectivity index (χ1v) is 13.8. The van der Waals surface area contributed by atoms with Crippen LogP contribution >= 0.6 is 0 Å². The number of pyridine rings is 1. The fourth-order valence-corrected chi connectivity index (χ4v) is 5.85. The summed E-state index contributed by atoms with van der Waals surface area (Å²) < 4.78 is 48.6. The molecule has 3 atom stereocenters. The van der Waals surface area contributed by atoms with E-state index in [9.17, 15) is 18.7 Å². The van der Waals surface area contributed by atoms with Crippen LogP contribution in [0.3, 0.4) is 0 Å². The molecule has 0 spiro atoms. The van der Waals surface area contributed by atoms with Gasteiger partial charge in [-0.3, -0.25) is 9.78 Å². The topological polar surface area (TPSA) is 62.7 Å². The zero-order chi connectivity index (χ0) is 27.8. The van der Waals surface area contributed by atoms with Crippen LogP contribution in [0.15, 0.2) is 48.7 Å². The van der Waals surface area contributed by atoms with Crippen molar-refractivity contribution in [3.05, 3.63) is 71.4 Å². The number of carboxylic acid groups (broad SMARTS) is 1. The van der Waals surface area contributed by atoms with Gasteiger partial charge in [-0.05, 0) is 112 Å². The molecule has 2 aromatic carbocycles. The molecular weight excluding hydrogens is 505 g/mol. The van der Waals surface area contributed by atoms with Crippen molar-refractivity contribution in [2.45, 2.75) is 57.5 Å². The second kappa shape index (κ2) is 13.8. The number of nitrogens with zero attached hydrogens (tertiary/aromatic N) is 2. The largest absolute Gasteiger partial charge is 0.497 e. The predicted octanol–water partition coefficient (Wildman–Crippen LogP) is 7.14. The summed E-state index contributed by atoms with van der Waals surface area (Å²) in [6.45, 7) is 2.41. The Morgan fingerprint density at radius 1 is 1.13 bits per heavy atom. The summed E-state index contributed by atoms with van der Waals surface area (Å²) in [5.41, 5.74) is 1.46. The number of methoxy groups -OCH3 is 1. The molecule has 1 saturated heterocycles. The van der Waals surface area contributed by atoms with Crippen LogP contribution in [0, 0.1) is 23.5 Å².